The summed E-state index contributed by atoms with van der Waals surface area (Å²) in [5.74, 6) is -1.07. The molecule has 2 rings (SSSR count). The monoisotopic (exact) mass is 279 g/mol. The van der Waals surface area contributed by atoms with Crippen molar-refractivity contribution in [3.8, 4) is 0 Å². The van der Waals surface area contributed by atoms with Crippen molar-refractivity contribution >= 4 is 28.8 Å². The fraction of sp³-hybridized carbons (Fsp3) is 0.0909. The number of anilines is 1. The van der Waals surface area contributed by atoms with E-state index in [4.69, 9.17) is 5.11 Å². The van der Waals surface area contributed by atoms with Gasteiger partial charge in [-0.3, -0.25) is 10.1 Å². The molecule has 0 aromatic carbocycles. The van der Waals surface area contributed by atoms with Gasteiger partial charge in [0.2, 0.25) is 0 Å². The minimum Gasteiger partial charge on any atom is -0.477 e. The first-order chi connectivity index (χ1) is 9.08. The lowest BCUT2D eigenvalue weighted by atomic mass is 10.2. The number of carboxylic acids is 1. The Morgan fingerprint density at radius 2 is 2.37 bits per heavy atom. The second-order valence-electron chi connectivity index (χ2n) is 3.58. The number of hydrogen-bond donors (Lipinski definition) is 2. The first-order valence-corrected chi connectivity index (χ1v) is 6.10. The van der Waals surface area contributed by atoms with Crippen molar-refractivity contribution in [3.63, 3.8) is 0 Å². The summed E-state index contributed by atoms with van der Waals surface area (Å²) in [5.41, 5.74) is -0.900. The minimum absolute atomic E-state index is 0.288. The van der Waals surface area contributed by atoms with Crippen molar-refractivity contribution in [2.45, 2.75) is 6.54 Å². The Bertz CT molecular complexity index is 612. The van der Waals surface area contributed by atoms with E-state index in [0.717, 1.165) is 17.1 Å². The number of carbonyl (C=O) groups is 1. The highest BCUT2D eigenvalue weighted by Gasteiger charge is 2.20. The van der Waals surface area contributed by atoms with Gasteiger partial charge in [-0.05, 0) is 11.4 Å². The first-order valence-electron chi connectivity index (χ1n) is 5.22. The summed E-state index contributed by atoms with van der Waals surface area (Å²) in [6, 6.07) is 4.98. The molecule has 0 bridgehead atoms. The molecule has 0 saturated heterocycles. The summed E-state index contributed by atoms with van der Waals surface area (Å²) in [6.07, 6.45) is 0.945. The van der Waals surface area contributed by atoms with Crippen molar-refractivity contribution in [1.29, 1.82) is 0 Å². The predicted octanol–water partition coefficient (Wildman–Crippen LogP) is 2.36. The van der Waals surface area contributed by atoms with Crippen LogP contribution in [0.1, 0.15) is 15.2 Å². The molecule has 0 aliphatic rings. The van der Waals surface area contributed by atoms with Crippen molar-refractivity contribution in [3.05, 3.63) is 50.3 Å². The summed E-state index contributed by atoms with van der Waals surface area (Å²) in [7, 11) is 0. The quantitative estimate of drug-likeness (QED) is 0.643. The van der Waals surface area contributed by atoms with E-state index < -0.39 is 16.6 Å². The molecule has 0 aliphatic carbocycles. The Hall–Kier alpha value is -2.48. The summed E-state index contributed by atoms with van der Waals surface area (Å²) in [4.78, 5) is 25.7. The Balaban J connectivity index is 2.20. The number of aromatic nitrogens is 1. The molecule has 2 aromatic rings. The molecule has 19 heavy (non-hydrogen) atoms. The normalized spacial score (nSPS) is 10.1. The van der Waals surface area contributed by atoms with Gasteiger partial charge in [-0.1, -0.05) is 6.07 Å². The van der Waals surface area contributed by atoms with Crippen LogP contribution in [0.4, 0.5) is 11.5 Å². The van der Waals surface area contributed by atoms with Gasteiger partial charge in [0.05, 0.1) is 11.5 Å². The SMILES string of the molecule is O=C(O)c1cc(NCc2cccs2)ncc1[N+](=O)[O-]. The maximum atomic E-state index is 11.0. The molecule has 0 unspecified atom stereocenters. The number of aromatic carboxylic acids is 1. The van der Waals surface area contributed by atoms with E-state index in [1.165, 1.54) is 0 Å². The molecular formula is C11H9N3O4S. The lowest BCUT2D eigenvalue weighted by Crippen LogP contribution is -2.06. The Morgan fingerprint density at radius 1 is 1.58 bits per heavy atom. The van der Waals surface area contributed by atoms with Crippen LogP contribution in [0.25, 0.3) is 0 Å². The molecule has 2 aromatic heterocycles. The number of nitrogens with zero attached hydrogens (tertiary/aromatic N) is 2. The minimum atomic E-state index is -1.35. The van der Waals surface area contributed by atoms with Gasteiger partial charge < -0.3 is 10.4 Å². The molecule has 98 valence electrons. The molecule has 0 amide bonds. The molecule has 2 N–H and O–H groups in total. The third-order valence-corrected chi connectivity index (χ3v) is 3.21. The van der Waals surface area contributed by atoms with Crippen LogP contribution in [0, 0.1) is 10.1 Å². The standard InChI is InChI=1S/C11H9N3O4S/c15-11(16)8-4-10(13-6-9(8)14(17)18)12-5-7-2-1-3-19-7/h1-4,6H,5H2,(H,12,13)(H,15,16). The Morgan fingerprint density at radius 3 is 2.95 bits per heavy atom. The van der Waals surface area contributed by atoms with E-state index in [-0.39, 0.29) is 11.4 Å². The van der Waals surface area contributed by atoms with E-state index in [0.29, 0.717) is 6.54 Å². The number of hydrogen-bond acceptors (Lipinski definition) is 6. The third kappa shape index (κ3) is 3.05. The summed E-state index contributed by atoms with van der Waals surface area (Å²) < 4.78 is 0. The average Bonchev–Trinajstić information content (AvgIpc) is 2.88. The zero-order valence-corrected chi connectivity index (χ0v) is 10.4. The highest BCUT2D eigenvalue weighted by atomic mass is 32.1. The average molecular weight is 279 g/mol. The van der Waals surface area contributed by atoms with Crippen LogP contribution in [-0.2, 0) is 6.54 Å². The van der Waals surface area contributed by atoms with Crippen LogP contribution in [0.5, 0.6) is 0 Å². The lowest BCUT2D eigenvalue weighted by molar-refractivity contribution is -0.385. The van der Waals surface area contributed by atoms with Crippen LogP contribution in [-0.4, -0.2) is 21.0 Å². The van der Waals surface area contributed by atoms with Crippen LogP contribution in [0.15, 0.2) is 29.8 Å². The van der Waals surface area contributed by atoms with Gasteiger partial charge in [-0.25, -0.2) is 9.78 Å². The molecule has 0 radical (unpaired) electrons. The molecule has 0 aliphatic heterocycles. The maximum absolute atomic E-state index is 11.0. The summed E-state index contributed by atoms with van der Waals surface area (Å²) >= 11 is 1.55. The molecular weight excluding hydrogens is 270 g/mol. The van der Waals surface area contributed by atoms with E-state index >= 15 is 0 Å². The van der Waals surface area contributed by atoms with Crippen LogP contribution >= 0.6 is 11.3 Å². The van der Waals surface area contributed by atoms with Crippen LogP contribution < -0.4 is 5.32 Å². The van der Waals surface area contributed by atoms with Crippen LogP contribution in [0.3, 0.4) is 0 Å². The lowest BCUT2D eigenvalue weighted by Gasteiger charge is -2.05. The van der Waals surface area contributed by atoms with Crippen molar-refractivity contribution in [1.82, 2.24) is 4.98 Å². The van der Waals surface area contributed by atoms with Crippen LogP contribution in [0.2, 0.25) is 0 Å². The van der Waals surface area contributed by atoms with Gasteiger partial charge in [-0.15, -0.1) is 11.3 Å². The molecule has 0 saturated carbocycles. The molecule has 7 nitrogen and oxygen atoms in total. The molecule has 8 heteroatoms. The predicted molar refractivity (Wildman–Crippen MR) is 69.5 cm³/mol. The molecule has 0 atom stereocenters. The Kier molecular flexibility index (Phi) is 3.71. The smallest absolute Gasteiger partial charge is 0.342 e. The number of carboxylic acid groups (broad SMARTS) is 1. The molecule has 0 spiro atoms. The van der Waals surface area contributed by atoms with Gasteiger partial charge in [0.1, 0.15) is 17.6 Å². The fourth-order valence-corrected chi connectivity index (χ4v) is 2.10. The number of thiophene rings is 1. The largest absolute Gasteiger partial charge is 0.477 e. The van der Waals surface area contributed by atoms with Gasteiger partial charge in [0, 0.05) is 10.9 Å². The van der Waals surface area contributed by atoms with Gasteiger partial charge in [0.15, 0.2) is 0 Å². The highest BCUT2D eigenvalue weighted by molar-refractivity contribution is 7.09. The topological polar surface area (TPSA) is 105 Å². The van der Waals surface area contributed by atoms with Crippen molar-refractivity contribution in [2.24, 2.45) is 0 Å². The van der Waals surface area contributed by atoms with E-state index in [1.807, 2.05) is 17.5 Å². The van der Waals surface area contributed by atoms with Crippen molar-refractivity contribution < 1.29 is 14.8 Å². The third-order valence-electron chi connectivity index (χ3n) is 2.33. The number of rotatable bonds is 5. The summed E-state index contributed by atoms with van der Waals surface area (Å²) in [6.45, 7) is 0.488. The highest BCUT2D eigenvalue weighted by Crippen LogP contribution is 2.21. The number of pyridine rings is 1. The summed E-state index contributed by atoms with van der Waals surface area (Å²) in [5, 5.41) is 24.4. The van der Waals surface area contributed by atoms with E-state index in [2.05, 4.69) is 10.3 Å². The molecule has 0 fully saturated rings. The zero-order valence-electron chi connectivity index (χ0n) is 9.57. The molecule has 2 heterocycles. The number of nitrogens with one attached hydrogen (secondary N) is 1. The fourth-order valence-electron chi connectivity index (χ4n) is 1.45. The van der Waals surface area contributed by atoms with Gasteiger partial charge in [-0.2, -0.15) is 0 Å². The van der Waals surface area contributed by atoms with E-state index in [9.17, 15) is 14.9 Å². The second-order valence-corrected chi connectivity index (χ2v) is 4.61. The van der Waals surface area contributed by atoms with Crippen molar-refractivity contribution in [2.75, 3.05) is 5.32 Å². The zero-order chi connectivity index (χ0) is 13.8. The van der Waals surface area contributed by atoms with E-state index in [1.54, 1.807) is 11.3 Å². The second kappa shape index (κ2) is 5.44. The maximum Gasteiger partial charge on any atom is 0.342 e. The van der Waals surface area contributed by atoms with Gasteiger partial charge in [0.25, 0.3) is 0 Å². The first kappa shape index (κ1) is 13.0. The number of nitro groups is 1. The van der Waals surface area contributed by atoms with Gasteiger partial charge >= 0.3 is 11.7 Å². The Labute approximate surface area is 111 Å².